The van der Waals surface area contributed by atoms with Crippen LogP contribution in [0.15, 0.2) is 43.0 Å². The molecule has 0 atom stereocenters. The summed E-state index contributed by atoms with van der Waals surface area (Å²) in [7, 11) is 2.04. The van der Waals surface area contributed by atoms with Crippen molar-refractivity contribution in [1.29, 1.82) is 0 Å². The van der Waals surface area contributed by atoms with E-state index in [1.54, 1.807) is 18.6 Å². The molecule has 0 saturated heterocycles. The lowest BCUT2D eigenvalue weighted by Gasteiger charge is -2.03. The van der Waals surface area contributed by atoms with E-state index >= 15 is 0 Å². The van der Waals surface area contributed by atoms with Gasteiger partial charge in [-0.15, -0.1) is 0 Å². The van der Waals surface area contributed by atoms with Crippen molar-refractivity contribution in [3.63, 3.8) is 0 Å². The molecule has 3 heteroatoms. The highest BCUT2D eigenvalue weighted by molar-refractivity contribution is 5.76. The number of rotatable bonds is 0. The van der Waals surface area contributed by atoms with Crippen LogP contribution in [0.2, 0.25) is 0 Å². The summed E-state index contributed by atoms with van der Waals surface area (Å²) >= 11 is 0. The van der Waals surface area contributed by atoms with Crippen LogP contribution in [0, 0.1) is 6.92 Å². The van der Waals surface area contributed by atoms with Crippen LogP contribution in [0.25, 0.3) is 10.9 Å². The second-order valence-corrected chi connectivity index (χ2v) is 3.42. The van der Waals surface area contributed by atoms with Crippen LogP contribution in [-0.2, 0) is 7.05 Å². The Labute approximate surface area is 88.7 Å². The van der Waals surface area contributed by atoms with Crippen LogP contribution in [0.3, 0.4) is 0 Å². The Hall–Kier alpha value is -1.90. The van der Waals surface area contributed by atoms with Gasteiger partial charge < -0.3 is 4.57 Å². The van der Waals surface area contributed by atoms with E-state index in [2.05, 4.69) is 21.5 Å². The fraction of sp³-hybridized carbons (Fsp3) is 0.167. The Bertz CT molecular complexity index is 527. The molecule has 0 fully saturated rings. The number of aromatic nitrogens is 3. The van der Waals surface area contributed by atoms with E-state index in [0.717, 1.165) is 16.6 Å². The van der Waals surface area contributed by atoms with Crippen molar-refractivity contribution in [3.8, 4) is 0 Å². The fourth-order valence-electron chi connectivity index (χ4n) is 1.46. The van der Waals surface area contributed by atoms with Crippen molar-refractivity contribution in [3.05, 3.63) is 48.7 Å². The number of fused-ring (bicyclic) bond motifs is 1. The lowest BCUT2D eigenvalue weighted by Crippen LogP contribution is -1.94. The zero-order valence-electron chi connectivity index (χ0n) is 8.88. The van der Waals surface area contributed by atoms with Gasteiger partial charge in [0.15, 0.2) is 0 Å². The Morgan fingerprint density at radius 1 is 1.00 bits per heavy atom. The van der Waals surface area contributed by atoms with E-state index < -0.39 is 0 Å². The van der Waals surface area contributed by atoms with Crippen LogP contribution in [0.1, 0.15) is 5.69 Å². The average Bonchev–Trinajstić information content (AvgIpc) is 2.33. The van der Waals surface area contributed by atoms with E-state index in [9.17, 15) is 0 Å². The van der Waals surface area contributed by atoms with Crippen molar-refractivity contribution in [2.24, 2.45) is 7.05 Å². The predicted molar refractivity (Wildman–Crippen MR) is 60.9 cm³/mol. The first-order valence-electron chi connectivity index (χ1n) is 4.83. The van der Waals surface area contributed by atoms with Crippen LogP contribution in [0.5, 0.6) is 0 Å². The standard InChI is InChI=1S/C12H13N3/c1-10-3-6-13-7-4-11-9-14-8-5-12(11)15(10)2/h3-9H,1-2H3. The second-order valence-electron chi connectivity index (χ2n) is 3.42. The molecular weight excluding hydrogens is 186 g/mol. The molecule has 0 saturated carbocycles. The Morgan fingerprint density at radius 2 is 1.73 bits per heavy atom. The topological polar surface area (TPSA) is 30.7 Å². The Morgan fingerprint density at radius 3 is 2.60 bits per heavy atom. The molecule has 0 aromatic carbocycles. The van der Waals surface area contributed by atoms with Gasteiger partial charge in [0.25, 0.3) is 0 Å². The highest BCUT2D eigenvalue weighted by atomic mass is 14.9. The Balaban J connectivity index is 2.97. The molecule has 0 aliphatic rings. The SMILES string of the molecule is Cc1ccnccc2cnccc2n1C. The van der Waals surface area contributed by atoms with Crippen LogP contribution >= 0.6 is 0 Å². The van der Waals surface area contributed by atoms with Gasteiger partial charge in [-0.05, 0) is 25.1 Å². The molecule has 3 nitrogen and oxygen atoms in total. The van der Waals surface area contributed by atoms with Gasteiger partial charge in [-0.25, -0.2) is 0 Å². The maximum atomic E-state index is 4.14. The third kappa shape index (κ3) is 1.96. The zero-order valence-corrected chi connectivity index (χ0v) is 8.88. The maximum absolute atomic E-state index is 4.14. The average molecular weight is 199 g/mol. The maximum Gasteiger partial charge on any atom is 0.0510 e. The molecule has 2 aromatic heterocycles. The van der Waals surface area contributed by atoms with E-state index in [-0.39, 0.29) is 0 Å². The van der Waals surface area contributed by atoms with Crippen LogP contribution < -0.4 is 0 Å². The molecule has 76 valence electrons. The van der Waals surface area contributed by atoms with Crippen molar-refractivity contribution < 1.29 is 0 Å². The summed E-state index contributed by atoms with van der Waals surface area (Å²) in [5.74, 6) is 0. The normalized spacial score (nSPS) is 10.0. The minimum absolute atomic E-state index is 1.08. The largest absolute Gasteiger partial charge is 0.348 e. The zero-order chi connectivity index (χ0) is 10.7. The van der Waals surface area contributed by atoms with E-state index in [1.807, 2.05) is 31.4 Å². The smallest absolute Gasteiger partial charge is 0.0510 e. The van der Waals surface area contributed by atoms with Gasteiger partial charge in [-0.1, -0.05) is 0 Å². The van der Waals surface area contributed by atoms with Gasteiger partial charge in [-0.3, -0.25) is 9.97 Å². The van der Waals surface area contributed by atoms with Gasteiger partial charge in [-0.2, -0.15) is 0 Å². The van der Waals surface area contributed by atoms with Gasteiger partial charge in [0.1, 0.15) is 0 Å². The summed E-state index contributed by atoms with van der Waals surface area (Å²) in [6.45, 7) is 2.06. The highest BCUT2D eigenvalue weighted by Crippen LogP contribution is 2.09. The first-order valence-corrected chi connectivity index (χ1v) is 4.83. The van der Waals surface area contributed by atoms with Gasteiger partial charge in [0.05, 0.1) is 5.52 Å². The molecule has 0 bridgehead atoms. The monoisotopic (exact) mass is 199 g/mol. The minimum atomic E-state index is 1.08. The third-order valence-corrected chi connectivity index (χ3v) is 2.46. The molecule has 0 amide bonds. The first kappa shape index (κ1) is 9.65. The van der Waals surface area contributed by atoms with Crippen LogP contribution in [-0.4, -0.2) is 14.5 Å². The van der Waals surface area contributed by atoms with Crippen molar-refractivity contribution >= 4 is 10.9 Å². The molecule has 0 unspecified atom stereocenters. The second kappa shape index (κ2) is 4.09. The lowest BCUT2D eigenvalue weighted by atomic mass is 10.3. The minimum Gasteiger partial charge on any atom is -0.348 e. The number of aryl methyl sites for hydroxylation is 2. The summed E-state index contributed by atoms with van der Waals surface area (Å²) in [6.07, 6.45) is 7.22. The molecule has 0 aliphatic carbocycles. The molecule has 2 aromatic rings. The number of pyridine rings is 1. The van der Waals surface area contributed by atoms with Crippen molar-refractivity contribution in [2.45, 2.75) is 6.92 Å². The third-order valence-electron chi connectivity index (χ3n) is 2.46. The van der Waals surface area contributed by atoms with E-state index in [4.69, 9.17) is 0 Å². The van der Waals surface area contributed by atoms with Crippen molar-refractivity contribution in [1.82, 2.24) is 14.5 Å². The summed E-state index contributed by atoms with van der Waals surface area (Å²) in [5.41, 5.74) is 2.29. The highest BCUT2D eigenvalue weighted by Gasteiger charge is 1.92. The molecule has 0 aliphatic heterocycles. The number of hydrogen-bond acceptors (Lipinski definition) is 2. The summed E-state index contributed by atoms with van der Waals surface area (Å²) < 4.78 is 2.12. The lowest BCUT2D eigenvalue weighted by molar-refractivity contribution is 0.903. The van der Waals surface area contributed by atoms with E-state index in [1.165, 1.54) is 0 Å². The van der Waals surface area contributed by atoms with Crippen LogP contribution in [0.4, 0.5) is 0 Å². The molecule has 2 heterocycles. The summed E-state index contributed by atoms with van der Waals surface area (Å²) in [5, 5.41) is 1.08. The molecular formula is C12H13N3. The fourth-order valence-corrected chi connectivity index (χ4v) is 1.46. The number of nitrogens with zero attached hydrogens (tertiary/aromatic N) is 3. The van der Waals surface area contributed by atoms with Gasteiger partial charge in [0, 0.05) is 42.9 Å². The van der Waals surface area contributed by atoms with Gasteiger partial charge >= 0.3 is 0 Å². The molecule has 0 spiro atoms. The van der Waals surface area contributed by atoms with E-state index in [0.29, 0.717) is 0 Å². The quantitative estimate of drug-likeness (QED) is 0.652. The Kier molecular flexibility index (Phi) is 2.63. The summed E-state index contributed by atoms with van der Waals surface area (Å²) in [6, 6.07) is 5.95. The molecule has 15 heavy (non-hydrogen) atoms. The predicted octanol–water partition coefficient (Wildman–Crippen LogP) is 2.40. The molecule has 0 N–H and O–H groups in total. The van der Waals surface area contributed by atoms with Crippen molar-refractivity contribution in [2.75, 3.05) is 0 Å². The number of hydrogen-bond donors (Lipinski definition) is 0. The van der Waals surface area contributed by atoms with Gasteiger partial charge in [0.2, 0.25) is 0 Å². The molecule has 0 radical (unpaired) electrons. The first-order chi connectivity index (χ1) is 7.29. The molecule has 2 rings (SSSR count). The summed E-state index contributed by atoms with van der Waals surface area (Å²) in [4.78, 5) is 8.25.